The molecule has 1 heterocycles. The van der Waals surface area contributed by atoms with Crippen LogP contribution in [0.3, 0.4) is 0 Å². The van der Waals surface area contributed by atoms with Gasteiger partial charge < -0.3 is 5.32 Å². The molecule has 1 aliphatic rings. The Morgan fingerprint density at radius 2 is 2.29 bits per heavy atom. The minimum atomic E-state index is 0.471. The number of hydrogen-bond acceptors (Lipinski definition) is 2. The molecule has 112 valence electrons. The molecule has 1 aliphatic carbocycles. The van der Waals surface area contributed by atoms with Gasteiger partial charge in [-0.2, -0.15) is 5.10 Å². The predicted molar refractivity (Wildman–Crippen MR) is 90.0 cm³/mol. The standard InChI is InChI=1S/C17H22BrN3/c1-3-9-19-15-5-4-6-17-14(15)11-20-21(17)16-8-7-13(18)10-12(16)2/h7-8,10-11,15,19H,3-6,9H2,1-2H3. The second-order valence-electron chi connectivity index (χ2n) is 5.79. The Bertz CT molecular complexity index is 633. The second-order valence-corrected chi connectivity index (χ2v) is 6.70. The van der Waals surface area contributed by atoms with Crippen molar-refractivity contribution < 1.29 is 0 Å². The van der Waals surface area contributed by atoms with Crippen molar-refractivity contribution in [1.29, 1.82) is 0 Å². The topological polar surface area (TPSA) is 29.9 Å². The third kappa shape index (κ3) is 2.92. The molecule has 1 aromatic heterocycles. The van der Waals surface area contributed by atoms with Crippen LogP contribution in [0.1, 0.15) is 49.0 Å². The van der Waals surface area contributed by atoms with Crippen molar-refractivity contribution >= 4 is 15.9 Å². The monoisotopic (exact) mass is 347 g/mol. The van der Waals surface area contributed by atoms with E-state index in [2.05, 4.69) is 69.3 Å². The first-order chi connectivity index (χ1) is 10.2. The van der Waals surface area contributed by atoms with Gasteiger partial charge in [-0.25, -0.2) is 4.68 Å². The minimum absolute atomic E-state index is 0.471. The highest BCUT2D eigenvalue weighted by atomic mass is 79.9. The molecule has 1 aromatic carbocycles. The third-order valence-electron chi connectivity index (χ3n) is 4.21. The zero-order valence-electron chi connectivity index (χ0n) is 12.7. The first-order valence-corrected chi connectivity index (χ1v) is 8.56. The normalized spacial score (nSPS) is 17.8. The molecule has 2 aromatic rings. The summed E-state index contributed by atoms with van der Waals surface area (Å²) in [6, 6.07) is 6.86. The number of halogens is 1. The lowest BCUT2D eigenvalue weighted by Crippen LogP contribution is -2.25. The SMILES string of the molecule is CCCNC1CCCc2c1cnn2-c1ccc(Br)cc1C. The minimum Gasteiger partial charge on any atom is -0.310 e. The van der Waals surface area contributed by atoms with Crippen molar-refractivity contribution in [3.63, 3.8) is 0 Å². The average Bonchev–Trinajstić information content (AvgIpc) is 2.89. The molecular formula is C17H22BrN3. The van der Waals surface area contributed by atoms with E-state index in [4.69, 9.17) is 0 Å². The van der Waals surface area contributed by atoms with Crippen LogP contribution in [-0.2, 0) is 6.42 Å². The van der Waals surface area contributed by atoms with Crippen molar-refractivity contribution in [3.05, 3.63) is 45.7 Å². The third-order valence-corrected chi connectivity index (χ3v) is 4.70. The predicted octanol–water partition coefficient (Wildman–Crippen LogP) is 4.32. The maximum absolute atomic E-state index is 4.68. The van der Waals surface area contributed by atoms with E-state index in [1.807, 2.05) is 0 Å². The number of aromatic nitrogens is 2. The highest BCUT2D eigenvalue weighted by molar-refractivity contribution is 9.10. The molecule has 3 rings (SSSR count). The first-order valence-electron chi connectivity index (χ1n) is 7.77. The molecule has 0 fully saturated rings. The molecule has 1 unspecified atom stereocenters. The number of nitrogens with zero attached hydrogens (tertiary/aromatic N) is 2. The van der Waals surface area contributed by atoms with Gasteiger partial charge in [0.2, 0.25) is 0 Å². The van der Waals surface area contributed by atoms with Crippen molar-refractivity contribution in [2.45, 2.75) is 45.6 Å². The highest BCUT2D eigenvalue weighted by Crippen LogP contribution is 2.32. The molecule has 4 heteroatoms. The summed E-state index contributed by atoms with van der Waals surface area (Å²) in [5, 5.41) is 8.33. The highest BCUT2D eigenvalue weighted by Gasteiger charge is 2.24. The fourth-order valence-electron chi connectivity index (χ4n) is 3.15. The zero-order chi connectivity index (χ0) is 14.8. The molecule has 0 spiro atoms. The van der Waals surface area contributed by atoms with Crippen LogP contribution >= 0.6 is 15.9 Å². The van der Waals surface area contributed by atoms with Crippen molar-refractivity contribution in [2.75, 3.05) is 6.54 Å². The van der Waals surface area contributed by atoms with Gasteiger partial charge in [-0.3, -0.25) is 0 Å². The number of nitrogens with one attached hydrogen (secondary N) is 1. The van der Waals surface area contributed by atoms with Crippen LogP contribution in [0.4, 0.5) is 0 Å². The van der Waals surface area contributed by atoms with E-state index in [9.17, 15) is 0 Å². The summed E-state index contributed by atoms with van der Waals surface area (Å²) in [5.41, 5.74) is 5.20. The van der Waals surface area contributed by atoms with Crippen molar-refractivity contribution in [1.82, 2.24) is 15.1 Å². The average molecular weight is 348 g/mol. The summed E-state index contributed by atoms with van der Waals surface area (Å²) in [4.78, 5) is 0. The summed E-state index contributed by atoms with van der Waals surface area (Å²) < 4.78 is 3.25. The van der Waals surface area contributed by atoms with E-state index < -0.39 is 0 Å². The van der Waals surface area contributed by atoms with Crippen LogP contribution in [-0.4, -0.2) is 16.3 Å². The lowest BCUT2D eigenvalue weighted by molar-refractivity contribution is 0.456. The second kappa shape index (κ2) is 6.32. The van der Waals surface area contributed by atoms with Crippen LogP contribution in [0.5, 0.6) is 0 Å². The Morgan fingerprint density at radius 1 is 1.43 bits per heavy atom. The van der Waals surface area contributed by atoms with Gasteiger partial charge in [-0.1, -0.05) is 22.9 Å². The lowest BCUT2D eigenvalue weighted by Gasteiger charge is -2.24. The summed E-state index contributed by atoms with van der Waals surface area (Å²) in [6.45, 7) is 5.43. The molecule has 0 saturated heterocycles. The number of rotatable bonds is 4. The lowest BCUT2D eigenvalue weighted by atomic mass is 9.92. The van der Waals surface area contributed by atoms with E-state index in [0.29, 0.717) is 6.04 Å². The quantitative estimate of drug-likeness (QED) is 0.892. The number of aryl methyl sites for hydroxylation is 1. The van der Waals surface area contributed by atoms with Crippen LogP contribution < -0.4 is 5.32 Å². The molecular weight excluding hydrogens is 326 g/mol. The van der Waals surface area contributed by atoms with Gasteiger partial charge in [0.25, 0.3) is 0 Å². The summed E-state index contributed by atoms with van der Waals surface area (Å²) >= 11 is 3.53. The van der Waals surface area contributed by atoms with Gasteiger partial charge in [0.15, 0.2) is 0 Å². The van der Waals surface area contributed by atoms with E-state index in [0.717, 1.165) is 17.4 Å². The maximum atomic E-state index is 4.68. The molecule has 3 nitrogen and oxygen atoms in total. The van der Waals surface area contributed by atoms with Gasteiger partial charge in [0, 0.05) is 21.8 Å². The molecule has 0 saturated carbocycles. The number of benzene rings is 1. The Hall–Kier alpha value is -1.13. The van der Waals surface area contributed by atoms with Gasteiger partial charge in [-0.15, -0.1) is 0 Å². The number of hydrogen-bond donors (Lipinski definition) is 1. The van der Waals surface area contributed by atoms with Crippen molar-refractivity contribution in [3.8, 4) is 5.69 Å². The molecule has 1 N–H and O–H groups in total. The van der Waals surface area contributed by atoms with Gasteiger partial charge in [-0.05, 0) is 62.9 Å². The molecule has 0 radical (unpaired) electrons. The van der Waals surface area contributed by atoms with Gasteiger partial charge >= 0.3 is 0 Å². The summed E-state index contributed by atoms with van der Waals surface area (Å²) in [7, 11) is 0. The summed E-state index contributed by atoms with van der Waals surface area (Å²) in [6.07, 6.45) is 6.80. The van der Waals surface area contributed by atoms with Crippen LogP contribution in [0.2, 0.25) is 0 Å². The van der Waals surface area contributed by atoms with Crippen LogP contribution in [0, 0.1) is 6.92 Å². The maximum Gasteiger partial charge on any atom is 0.0678 e. The Kier molecular flexibility index (Phi) is 4.45. The Labute approximate surface area is 134 Å². The summed E-state index contributed by atoms with van der Waals surface area (Å²) in [5.74, 6) is 0. The smallest absolute Gasteiger partial charge is 0.0678 e. The Morgan fingerprint density at radius 3 is 3.05 bits per heavy atom. The number of fused-ring (bicyclic) bond motifs is 1. The zero-order valence-corrected chi connectivity index (χ0v) is 14.3. The molecule has 0 bridgehead atoms. The Balaban J connectivity index is 1.97. The van der Waals surface area contributed by atoms with Gasteiger partial charge in [0.05, 0.1) is 11.9 Å². The molecule has 1 atom stereocenters. The van der Waals surface area contributed by atoms with Gasteiger partial charge in [0.1, 0.15) is 0 Å². The molecule has 21 heavy (non-hydrogen) atoms. The molecule has 0 amide bonds. The van der Waals surface area contributed by atoms with Crippen LogP contribution in [0.25, 0.3) is 5.69 Å². The van der Waals surface area contributed by atoms with Crippen molar-refractivity contribution in [2.24, 2.45) is 0 Å². The van der Waals surface area contributed by atoms with E-state index in [1.165, 1.54) is 41.8 Å². The van der Waals surface area contributed by atoms with E-state index in [-0.39, 0.29) is 0 Å². The fourth-order valence-corrected chi connectivity index (χ4v) is 3.63. The largest absolute Gasteiger partial charge is 0.310 e. The first kappa shape index (κ1) is 14.8. The van der Waals surface area contributed by atoms with E-state index in [1.54, 1.807) is 0 Å². The molecule has 0 aliphatic heterocycles. The fraction of sp³-hybridized carbons (Fsp3) is 0.471. The van der Waals surface area contributed by atoms with E-state index >= 15 is 0 Å². The van der Waals surface area contributed by atoms with Crippen LogP contribution in [0.15, 0.2) is 28.9 Å².